The van der Waals surface area contributed by atoms with E-state index in [1.807, 2.05) is 26.0 Å². The van der Waals surface area contributed by atoms with Crippen LogP contribution in [0.1, 0.15) is 37.1 Å². The normalized spacial score (nSPS) is 14.1. The summed E-state index contributed by atoms with van der Waals surface area (Å²) in [7, 11) is 0. The van der Waals surface area contributed by atoms with Crippen LogP contribution >= 0.6 is 0 Å². The van der Waals surface area contributed by atoms with Gasteiger partial charge in [-0.05, 0) is 26.0 Å². The molecule has 0 aliphatic heterocycles. The molecule has 4 aromatic heterocycles. The van der Waals surface area contributed by atoms with E-state index in [-0.39, 0.29) is 17.6 Å². The Balaban J connectivity index is 1.70. The van der Waals surface area contributed by atoms with Crippen molar-refractivity contribution in [1.29, 1.82) is 0 Å². The number of ketones is 1. The molecule has 0 amide bonds. The van der Waals surface area contributed by atoms with Gasteiger partial charge in [0, 0.05) is 23.2 Å². The number of nitrogens with one attached hydrogen (secondary N) is 2. The van der Waals surface area contributed by atoms with Gasteiger partial charge in [-0.1, -0.05) is 0 Å². The largest absolute Gasteiger partial charge is 0.298 e. The van der Waals surface area contributed by atoms with Crippen LogP contribution in [0.15, 0.2) is 36.9 Å². The molecule has 0 saturated carbocycles. The molecule has 7 nitrogen and oxygen atoms in total. The molecule has 2 atom stereocenters. The van der Waals surface area contributed by atoms with Crippen molar-refractivity contribution in [3.63, 3.8) is 0 Å². The van der Waals surface area contributed by atoms with E-state index in [4.69, 9.17) is 0 Å². The molecule has 0 radical (unpaired) electrons. The zero-order chi connectivity index (χ0) is 16.7. The molecule has 2 N–H and O–H groups in total. The second-order valence-corrected chi connectivity index (χ2v) is 5.91. The topological polar surface area (TPSA) is 100 Å². The van der Waals surface area contributed by atoms with E-state index in [1.165, 1.54) is 0 Å². The van der Waals surface area contributed by atoms with Crippen molar-refractivity contribution in [2.45, 2.75) is 25.7 Å². The highest BCUT2D eigenvalue weighted by atomic mass is 16.1. The van der Waals surface area contributed by atoms with Crippen molar-refractivity contribution < 1.29 is 4.79 Å². The van der Waals surface area contributed by atoms with Crippen molar-refractivity contribution in [1.82, 2.24) is 30.4 Å². The fourth-order valence-electron chi connectivity index (χ4n) is 3.09. The number of nitrogens with zero attached hydrogens (tertiary/aromatic N) is 4. The minimum absolute atomic E-state index is 0.0970. The lowest BCUT2D eigenvalue weighted by Gasteiger charge is -2.15. The Kier molecular flexibility index (Phi) is 3.34. The van der Waals surface area contributed by atoms with Crippen molar-refractivity contribution in [2.24, 2.45) is 0 Å². The number of aromatic amines is 2. The van der Waals surface area contributed by atoms with Crippen LogP contribution < -0.4 is 0 Å². The Labute approximate surface area is 137 Å². The molecule has 2 unspecified atom stereocenters. The lowest BCUT2D eigenvalue weighted by atomic mass is 9.89. The maximum Gasteiger partial charge on any atom is 0.150 e. The van der Waals surface area contributed by atoms with E-state index in [0.717, 1.165) is 33.2 Å². The molecule has 24 heavy (non-hydrogen) atoms. The number of aromatic nitrogens is 6. The molecule has 0 aliphatic rings. The van der Waals surface area contributed by atoms with Gasteiger partial charge in [-0.2, -0.15) is 10.2 Å². The molecular formula is C17H16N6O. The third-order valence-corrected chi connectivity index (χ3v) is 4.49. The van der Waals surface area contributed by atoms with Crippen LogP contribution in [0.4, 0.5) is 0 Å². The molecule has 0 fully saturated rings. The van der Waals surface area contributed by atoms with Crippen LogP contribution in [-0.2, 0) is 4.79 Å². The number of carbonyl (C=O) groups excluding carboxylic acids is 1. The first-order valence-corrected chi connectivity index (χ1v) is 7.76. The predicted molar refractivity (Wildman–Crippen MR) is 89.6 cm³/mol. The van der Waals surface area contributed by atoms with Gasteiger partial charge in [-0.3, -0.25) is 25.0 Å². The standard InChI is InChI=1S/C17H16N6O/c1-9(15-11-3-5-18-7-13(11)20-22-15)17(24)10(2)16-12-4-6-19-8-14(12)21-23-16/h3-10H,1-2H3,(H,20,22)(H,21,23). The monoisotopic (exact) mass is 320 g/mol. The SMILES string of the molecule is CC(C(=O)C(C)c1[nH]nc2cnccc12)c1[nH]nc2cnccc12. The molecule has 4 aromatic rings. The molecule has 4 rings (SSSR count). The quantitative estimate of drug-likeness (QED) is 0.602. The first-order chi connectivity index (χ1) is 11.7. The number of carbonyl (C=O) groups is 1. The van der Waals surface area contributed by atoms with Crippen molar-refractivity contribution >= 4 is 27.6 Å². The summed E-state index contributed by atoms with van der Waals surface area (Å²) < 4.78 is 0. The fourth-order valence-corrected chi connectivity index (χ4v) is 3.09. The third-order valence-electron chi connectivity index (χ3n) is 4.49. The van der Waals surface area contributed by atoms with E-state index in [2.05, 4.69) is 30.4 Å². The number of hydrogen-bond donors (Lipinski definition) is 2. The second-order valence-electron chi connectivity index (χ2n) is 5.91. The number of H-pyrrole nitrogens is 2. The van der Waals surface area contributed by atoms with Crippen LogP contribution in [0.3, 0.4) is 0 Å². The number of rotatable bonds is 4. The average molecular weight is 320 g/mol. The van der Waals surface area contributed by atoms with Crippen LogP contribution in [0.25, 0.3) is 21.8 Å². The zero-order valence-electron chi connectivity index (χ0n) is 13.3. The summed E-state index contributed by atoms with van der Waals surface area (Å²) in [4.78, 5) is 21.1. The number of hydrogen-bond acceptors (Lipinski definition) is 5. The number of pyridine rings is 2. The van der Waals surface area contributed by atoms with E-state index >= 15 is 0 Å². The van der Waals surface area contributed by atoms with Crippen molar-refractivity contribution in [3.8, 4) is 0 Å². The summed E-state index contributed by atoms with van der Waals surface area (Å²) in [5.74, 6) is -0.528. The number of fused-ring (bicyclic) bond motifs is 2. The summed E-state index contributed by atoms with van der Waals surface area (Å²) in [6.07, 6.45) is 6.78. The maximum absolute atomic E-state index is 13.0. The molecule has 120 valence electrons. The summed E-state index contributed by atoms with van der Waals surface area (Å²) in [6.45, 7) is 3.79. The summed E-state index contributed by atoms with van der Waals surface area (Å²) in [5, 5.41) is 16.3. The Morgan fingerprint density at radius 1 is 0.875 bits per heavy atom. The van der Waals surface area contributed by atoms with Crippen LogP contribution in [0.5, 0.6) is 0 Å². The highest BCUT2D eigenvalue weighted by molar-refractivity contribution is 5.97. The third kappa shape index (κ3) is 2.17. The molecule has 0 bridgehead atoms. The Bertz CT molecular complexity index is 952. The van der Waals surface area contributed by atoms with Crippen LogP contribution in [0.2, 0.25) is 0 Å². The Morgan fingerprint density at radius 3 is 1.79 bits per heavy atom. The van der Waals surface area contributed by atoms with Gasteiger partial charge in [-0.25, -0.2) is 0 Å². The van der Waals surface area contributed by atoms with E-state index in [9.17, 15) is 4.79 Å². The van der Waals surface area contributed by atoms with Gasteiger partial charge in [0.25, 0.3) is 0 Å². The summed E-state index contributed by atoms with van der Waals surface area (Å²) >= 11 is 0. The minimum Gasteiger partial charge on any atom is -0.298 e. The van der Waals surface area contributed by atoms with Gasteiger partial charge in [0.15, 0.2) is 0 Å². The van der Waals surface area contributed by atoms with Gasteiger partial charge in [0.2, 0.25) is 0 Å². The highest BCUT2D eigenvalue weighted by Gasteiger charge is 2.27. The van der Waals surface area contributed by atoms with E-state index in [1.54, 1.807) is 24.8 Å². The lowest BCUT2D eigenvalue weighted by molar-refractivity contribution is -0.121. The highest BCUT2D eigenvalue weighted by Crippen LogP contribution is 2.30. The maximum atomic E-state index is 13.0. The average Bonchev–Trinajstić information content (AvgIpc) is 3.24. The molecular weight excluding hydrogens is 304 g/mol. The first-order valence-electron chi connectivity index (χ1n) is 7.76. The van der Waals surface area contributed by atoms with Gasteiger partial charge in [-0.15, -0.1) is 0 Å². The molecule has 0 aliphatic carbocycles. The van der Waals surface area contributed by atoms with Crippen molar-refractivity contribution in [2.75, 3.05) is 0 Å². The molecule has 0 saturated heterocycles. The van der Waals surface area contributed by atoms with Gasteiger partial charge in [0.05, 0.1) is 35.6 Å². The van der Waals surface area contributed by atoms with E-state index < -0.39 is 0 Å². The molecule has 0 aromatic carbocycles. The Morgan fingerprint density at radius 2 is 1.33 bits per heavy atom. The summed E-state index contributed by atoms with van der Waals surface area (Å²) in [6, 6.07) is 3.75. The van der Waals surface area contributed by atoms with Crippen molar-refractivity contribution in [3.05, 3.63) is 48.3 Å². The minimum atomic E-state index is -0.312. The smallest absolute Gasteiger partial charge is 0.150 e. The summed E-state index contributed by atoms with van der Waals surface area (Å²) in [5.41, 5.74) is 3.15. The van der Waals surface area contributed by atoms with E-state index in [0.29, 0.717) is 0 Å². The lowest BCUT2D eigenvalue weighted by Crippen LogP contribution is -2.17. The van der Waals surface area contributed by atoms with Gasteiger partial charge >= 0.3 is 0 Å². The number of Topliss-reactive ketones (excluding diaryl/α,β-unsaturated/α-hetero) is 1. The molecule has 0 spiro atoms. The van der Waals surface area contributed by atoms with Gasteiger partial charge < -0.3 is 0 Å². The zero-order valence-corrected chi connectivity index (χ0v) is 13.3. The van der Waals surface area contributed by atoms with Gasteiger partial charge in [0.1, 0.15) is 16.8 Å². The fraction of sp³-hybridized carbons (Fsp3) is 0.235. The van der Waals surface area contributed by atoms with Crippen LogP contribution in [-0.4, -0.2) is 36.1 Å². The molecule has 4 heterocycles. The second kappa shape index (κ2) is 5.52. The predicted octanol–water partition coefficient (Wildman–Crippen LogP) is 2.71. The molecule has 7 heteroatoms. The van der Waals surface area contributed by atoms with Crippen LogP contribution in [0, 0.1) is 0 Å². The Hall–Kier alpha value is -3.09. The first kappa shape index (κ1) is 14.5.